The van der Waals surface area contributed by atoms with Gasteiger partial charge in [-0.25, -0.2) is 0 Å². The highest BCUT2D eigenvalue weighted by Crippen LogP contribution is 2.14. The molecule has 0 saturated heterocycles. The molecule has 1 heterocycles. The molecule has 0 atom stereocenters. The monoisotopic (exact) mass is 329 g/mol. The minimum Gasteiger partial charge on any atom is -0.354 e. The van der Waals surface area contributed by atoms with E-state index in [1.165, 1.54) is 0 Å². The van der Waals surface area contributed by atoms with Crippen LogP contribution in [0.25, 0.3) is 10.9 Å². The molecule has 0 bridgehead atoms. The normalized spacial score (nSPS) is 10.2. The topological polar surface area (TPSA) is 116 Å². The summed E-state index contributed by atoms with van der Waals surface area (Å²) in [7, 11) is 0. The van der Waals surface area contributed by atoms with Gasteiger partial charge >= 0.3 is 0 Å². The number of benzene rings is 1. The van der Waals surface area contributed by atoms with Gasteiger partial charge in [0.25, 0.3) is 5.91 Å². The lowest BCUT2D eigenvalue weighted by Crippen LogP contribution is -2.35. The number of nitrogens with one attached hydrogen (secondary N) is 4. The fourth-order valence-electron chi connectivity index (χ4n) is 2.06. The van der Waals surface area contributed by atoms with Gasteiger partial charge in [-0.15, -0.1) is 0 Å². The molecule has 1 aromatic carbocycles. The van der Waals surface area contributed by atoms with Crippen molar-refractivity contribution in [2.45, 2.75) is 6.42 Å². The second-order valence-corrected chi connectivity index (χ2v) is 4.97. The van der Waals surface area contributed by atoms with Gasteiger partial charge in [0.2, 0.25) is 11.8 Å². The average Bonchev–Trinajstić information content (AvgIpc) is 3.02. The molecule has 8 heteroatoms. The first-order chi connectivity index (χ1) is 11.6. The average molecular weight is 329 g/mol. The maximum absolute atomic E-state index is 12.1. The predicted molar refractivity (Wildman–Crippen MR) is 89.3 cm³/mol. The van der Waals surface area contributed by atoms with E-state index >= 15 is 0 Å². The summed E-state index contributed by atoms with van der Waals surface area (Å²) in [4.78, 5) is 34.6. The van der Waals surface area contributed by atoms with Crippen LogP contribution in [-0.4, -0.2) is 47.6 Å². The predicted octanol–water partition coefficient (Wildman–Crippen LogP) is 0.101. The lowest BCUT2D eigenvalue weighted by molar-refractivity contribution is -0.121. The van der Waals surface area contributed by atoms with Crippen molar-refractivity contribution in [2.24, 2.45) is 0 Å². The van der Waals surface area contributed by atoms with E-state index in [9.17, 15) is 14.4 Å². The largest absolute Gasteiger partial charge is 0.354 e. The Hall–Kier alpha value is -3.16. The van der Waals surface area contributed by atoms with Gasteiger partial charge in [-0.05, 0) is 12.1 Å². The van der Waals surface area contributed by atoms with Crippen LogP contribution in [0.15, 0.2) is 36.9 Å². The van der Waals surface area contributed by atoms with Crippen molar-refractivity contribution < 1.29 is 14.4 Å². The van der Waals surface area contributed by atoms with Crippen LogP contribution >= 0.6 is 0 Å². The van der Waals surface area contributed by atoms with E-state index in [0.29, 0.717) is 18.8 Å². The smallest absolute Gasteiger partial charge is 0.272 e. The third-order valence-corrected chi connectivity index (χ3v) is 3.25. The standard InChI is InChI=1S/C16H19N5O3/c1-2-13(22)17-9-10-18-14(23)7-8-19-16(24)15-11-5-3-4-6-12(11)20-21-15/h2-6H,1,7-10H2,(H,17,22)(H,18,23)(H,19,24)(H,20,21). The second kappa shape index (κ2) is 8.47. The van der Waals surface area contributed by atoms with E-state index in [-0.39, 0.29) is 30.7 Å². The van der Waals surface area contributed by atoms with E-state index < -0.39 is 0 Å². The maximum atomic E-state index is 12.1. The minimum atomic E-state index is -0.335. The van der Waals surface area contributed by atoms with Crippen LogP contribution in [0.5, 0.6) is 0 Å². The number of fused-ring (bicyclic) bond motifs is 1. The number of carbonyl (C=O) groups excluding carboxylic acids is 3. The van der Waals surface area contributed by atoms with Crippen molar-refractivity contribution in [3.8, 4) is 0 Å². The molecule has 3 amide bonds. The third-order valence-electron chi connectivity index (χ3n) is 3.25. The third kappa shape index (κ3) is 4.67. The molecule has 0 saturated carbocycles. The molecule has 4 N–H and O–H groups in total. The number of rotatable bonds is 8. The zero-order valence-electron chi connectivity index (χ0n) is 13.1. The Morgan fingerprint density at radius 3 is 2.62 bits per heavy atom. The van der Waals surface area contributed by atoms with Crippen molar-refractivity contribution in [1.29, 1.82) is 0 Å². The molecule has 8 nitrogen and oxygen atoms in total. The molecule has 1 aromatic heterocycles. The summed E-state index contributed by atoms with van der Waals surface area (Å²) < 4.78 is 0. The van der Waals surface area contributed by atoms with Gasteiger partial charge < -0.3 is 16.0 Å². The minimum absolute atomic E-state index is 0.142. The summed E-state index contributed by atoms with van der Waals surface area (Å²) in [5, 5.41) is 15.4. The van der Waals surface area contributed by atoms with E-state index in [4.69, 9.17) is 0 Å². The summed E-state index contributed by atoms with van der Waals surface area (Å²) in [6.45, 7) is 4.16. The van der Waals surface area contributed by atoms with Crippen LogP contribution in [0.3, 0.4) is 0 Å². The zero-order chi connectivity index (χ0) is 17.4. The molecule has 0 aliphatic carbocycles. The SMILES string of the molecule is C=CC(=O)NCCNC(=O)CCNC(=O)c1n[nH]c2ccccc12. The molecule has 0 unspecified atom stereocenters. The molecular weight excluding hydrogens is 310 g/mol. The van der Waals surface area contributed by atoms with Crippen LogP contribution in [0.2, 0.25) is 0 Å². The van der Waals surface area contributed by atoms with Gasteiger partial charge in [-0.2, -0.15) is 5.10 Å². The fraction of sp³-hybridized carbons (Fsp3) is 0.250. The van der Waals surface area contributed by atoms with E-state index in [1.54, 1.807) is 6.07 Å². The highest BCUT2D eigenvalue weighted by molar-refractivity contribution is 6.04. The number of nitrogens with zero attached hydrogens (tertiary/aromatic N) is 1. The van der Waals surface area contributed by atoms with E-state index in [1.807, 2.05) is 18.2 Å². The zero-order valence-corrected chi connectivity index (χ0v) is 13.1. The number of aromatic nitrogens is 2. The molecule has 0 spiro atoms. The molecule has 24 heavy (non-hydrogen) atoms. The van der Waals surface area contributed by atoms with Crippen molar-refractivity contribution in [3.63, 3.8) is 0 Å². The van der Waals surface area contributed by atoms with Crippen LogP contribution in [0.1, 0.15) is 16.9 Å². The highest BCUT2D eigenvalue weighted by atomic mass is 16.2. The van der Waals surface area contributed by atoms with Crippen LogP contribution in [0.4, 0.5) is 0 Å². The number of hydrogen-bond acceptors (Lipinski definition) is 4. The Kier molecular flexibility index (Phi) is 6.07. The first-order valence-electron chi connectivity index (χ1n) is 7.50. The van der Waals surface area contributed by atoms with Gasteiger partial charge in [0.15, 0.2) is 5.69 Å². The molecule has 2 aromatic rings. The number of hydrogen-bond donors (Lipinski definition) is 4. The molecular formula is C16H19N5O3. The summed E-state index contributed by atoms with van der Waals surface area (Å²) in [6.07, 6.45) is 1.31. The number of para-hydroxylation sites is 1. The summed E-state index contributed by atoms with van der Waals surface area (Å²) in [5.41, 5.74) is 1.08. The van der Waals surface area contributed by atoms with Crippen molar-refractivity contribution in [3.05, 3.63) is 42.6 Å². The Morgan fingerprint density at radius 2 is 1.83 bits per heavy atom. The molecule has 2 rings (SSSR count). The van der Waals surface area contributed by atoms with Gasteiger partial charge in [-0.3, -0.25) is 19.5 Å². The van der Waals surface area contributed by atoms with Gasteiger partial charge in [0.1, 0.15) is 0 Å². The molecule has 0 aliphatic heterocycles. The number of H-pyrrole nitrogens is 1. The van der Waals surface area contributed by atoms with Crippen LogP contribution in [-0.2, 0) is 9.59 Å². The summed E-state index contributed by atoms with van der Waals surface area (Å²) in [5.74, 6) is -0.837. The summed E-state index contributed by atoms with van der Waals surface area (Å²) in [6, 6.07) is 7.31. The van der Waals surface area contributed by atoms with Crippen molar-refractivity contribution in [2.75, 3.05) is 19.6 Å². The molecule has 0 radical (unpaired) electrons. The Morgan fingerprint density at radius 1 is 1.08 bits per heavy atom. The number of aromatic amines is 1. The Labute approximate surface area is 138 Å². The van der Waals surface area contributed by atoms with Crippen molar-refractivity contribution in [1.82, 2.24) is 26.1 Å². The van der Waals surface area contributed by atoms with Gasteiger partial charge in [0.05, 0.1) is 5.52 Å². The Bertz CT molecular complexity index is 753. The number of amides is 3. The fourth-order valence-corrected chi connectivity index (χ4v) is 2.06. The van der Waals surface area contributed by atoms with E-state index in [2.05, 4.69) is 32.7 Å². The number of carbonyl (C=O) groups is 3. The first kappa shape index (κ1) is 17.2. The lowest BCUT2D eigenvalue weighted by atomic mass is 10.2. The maximum Gasteiger partial charge on any atom is 0.272 e. The summed E-state index contributed by atoms with van der Waals surface area (Å²) >= 11 is 0. The lowest BCUT2D eigenvalue weighted by Gasteiger charge is -2.06. The van der Waals surface area contributed by atoms with Crippen LogP contribution < -0.4 is 16.0 Å². The van der Waals surface area contributed by atoms with Crippen LogP contribution in [0, 0.1) is 0 Å². The Balaban J connectivity index is 1.70. The molecule has 126 valence electrons. The highest BCUT2D eigenvalue weighted by Gasteiger charge is 2.13. The second-order valence-electron chi connectivity index (χ2n) is 4.97. The van der Waals surface area contributed by atoms with Gasteiger partial charge in [0, 0.05) is 31.4 Å². The van der Waals surface area contributed by atoms with Crippen molar-refractivity contribution >= 4 is 28.6 Å². The molecule has 0 fully saturated rings. The molecule has 0 aliphatic rings. The van der Waals surface area contributed by atoms with Gasteiger partial charge in [-0.1, -0.05) is 24.8 Å². The first-order valence-corrected chi connectivity index (χ1v) is 7.50. The quantitative estimate of drug-likeness (QED) is 0.406. The van der Waals surface area contributed by atoms with E-state index in [0.717, 1.165) is 17.0 Å².